The normalized spacial score (nSPS) is 13.2. The molecule has 2 aromatic carbocycles. The first-order chi connectivity index (χ1) is 13.1. The molecule has 0 aromatic heterocycles. The first kappa shape index (κ1) is 19.5. The molecule has 0 bridgehead atoms. The quantitative estimate of drug-likeness (QED) is 0.766. The van der Waals surface area contributed by atoms with E-state index in [1.807, 2.05) is 42.5 Å². The molecule has 1 aliphatic rings. The van der Waals surface area contributed by atoms with Crippen LogP contribution in [-0.4, -0.2) is 37.8 Å². The summed E-state index contributed by atoms with van der Waals surface area (Å²) in [7, 11) is 1.52. The number of methoxy groups -OCH3 is 1. The molecule has 0 saturated heterocycles. The van der Waals surface area contributed by atoms with Gasteiger partial charge in [-0.05, 0) is 48.4 Å². The number of carbonyl (C=O) groups excluding carboxylic acids is 2. The van der Waals surface area contributed by atoms with Crippen molar-refractivity contribution >= 4 is 35.0 Å². The van der Waals surface area contributed by atoms with Crippen LogP contribution in [0, 0.1) is 0 Å². The smallest absolute Gasteiger partial charge is 0.256 e. The van der Waals surface area contributed by atoms with E-state index in [-0.39, 0.29) is 18.4 Å². The fraction of sp³-hybridized carbons (Fsp3) is 0.333. The summed E-state index contributed by atoms with van der Waals surface area (Å²) in [5.41, 5.74) is 3.32. The molecule has 0 aliphatic carbocycles. The lowest BCUT2D eigenvalue weighted by Gasteiger charge is -2.30. The molecule has 27 heavy (non-hydrogen) atoms. The Labute approximate surface area is 164 Å². The monoisotopic (exact) mass is 384 g/mol. The van der Waals surface area contributed by atoms with Gasteiger partial charge < -0.3 is 15.0 Å². The van der Waals surface area contributed by atoms with Gasteiger partial charge in [0.2, 0.25) is 0 Å². The highest BCUT2D eigenvalue weighted by molar-refractivity contribution is 7.99. The summed E-state index contributed by atoms with van der Waals surface area (Å²) in [6.45, 7) is 2.79. The van der Waals surface area contributed by atoms with Gasteiger partial charge in [0.1, 0.15) is 6.61 Å². The lowest BCUT2D eigenvalue weighted by molar-refractivity contribution is -0.122. The summed E-state index contributed by atoms with van der Waals surface area (Å²) in [4.78, 5) is 27.8. The molecule has 3 rings (SSSR count). The Balaban J connectivity index is 1.84. The molecular weight excluding hydrogens is 360 g/mol. The van der Waals surface area contributed by atoms with E-state index in [1.165, 1.54) is 7.11 Å². The minimum Gasteiger partial charge on any atom is -0.375 e. The Bertz CT molecular complexity index is 838. The number of amides is 2. The number of thioether (sulfide) groups is 1. The molecule has 0 fully saturated rings. The Morgan fingerprint density at radius 1 is 1.22 bits per heavy atom. The number of hydrogen-bond donors (Lipinski definition) is 1. The van der Waals surface area contributed by atoms with E-state index in [0.29, 0.717) is 17.8 Å². The van der Waals surface area contributed by atoms with Crippen molar-refractivity contribution < 1.29 is 14.3 Å². The third-order valence-corrected chi connectivity index (χ3v) is 5.42. The van der Waals surface area contributed by atoms with Gasteiger partial charge in [-0.3, -0.25) is 9.59 Å². The van der Waals surface area contributed by atoms with Crippen molar-refractivity contribution in [2.24, 2.45) is 0 Å². The van der Waals surface area contributed by atoms with Crippen LogP contribution in [0.2, 0.25) is 0 Å². The molecule has 2 aromatic rings. The largest absolute Gasteiger partial charge is 0.375 e. The van der Waals surface area contributed by atoms with E-state index in [2.05, 4.69) is 12.2 Å². The van der Waals surface area contributed by atoms with E-state index in [0.717, 1.165) is 34.7 Å². The van der Waals surface area contributed by atoms with Gasteiger partial charge in [-0.15, -0.1) is 11.8 Å². The number of hydrogen-bond acceptors (Lipinski definition) is 4. The number of nitrogens with zero attached hydrogens (tertiary/aromatic N) is 1. The first-order valence-corrected chi connectivity index (χ1v) is 10.1. The lowest BCUT2D eigenvalue weighted by Crippen LogP contribution is -2.37. The number of anilines is 2. The molecular formula is C21H24N2O3S. The molecule has 0 atom stereocenters. The highest BCUT2D eigenvalue weighted by Crippen LogP contribution is 2.31. The number of ether oxygens (including phenoxy) is 1. The van der Waals surface area contributed by atoms with Crippen LogP contribution < -0.4 is 10.2 Å². The Morgan fingerprint density at radius 2 is 2.04 bits per heavy atom. The molecule has 2 amide bonds. The van der Waals surface area contributed by atoms with Gasteiger partial charge in [0.05, 0.1) is 5.56 Å². The predicted molar refractivity (Wildman–Crippen MR) is 110 cm³/mol. The fourth-order valence-electron chi connectivity index (χ4n) is 3.25. The highest BCUT2D eigenvalue weighted by atomic mass is 32.2. The molecule has 0 saturated carbocycles. The molecule has 0 radical (unpaired) electrons. The molecule has 0 spiro atoms. The van der Waals surface area contributed by atoms with Crippen molar-refractivity contribution in [1.29, 1.82) is 0 Å². The zero-order valence-electron chi connectivity index (χ0n) is 15.7. The first-order valence-electron chi connectivity index (χ1n) is 9.09. The second-order valence-corrected chi connectivity index (χ2v) is 7.61. The predicted octanol–water partition coefficient (Wildman–Crippen LogP) is 3.98. The molecule has 1 aliphatic heterocycles. The highest BCUT2D eigenvalue weighted by Gasteiger charge is 2.23. The average molecular weight is 385 g/mol. The molecule has 1 heterocycles. The van der Waals surface area contributed by atoms with Gasteiger partial charge in [0.15, 0.2) is 0 Å². The van der Waals surface area contributed by atoms with Gasteiger partial charge in [0.25, 0.3) is 11.8 Å². The average Bonchev–Trinajstić information content (AvgIpc) is 2.68. The van der Waals surface area contributed by atoms with Crippen molar-refractivity contribution in [3.8, 4) is 0 Å². The van der Waals surface area contributed by atoms with Gasteiger partial charge in [-0.25, -0.2) is 0 Å². The van der Waals surface area contributed by atoms with Gasteiger partial charge >= 0.3 is 0 Å². The lowest BCUT2D eigenvalue weighted by atomic mass is 10.0. The number of carbonyl (C=O) groups is 2. The standard InChI is InChI=1S/C21H24N2O3S/c1-3-27-19-9-5-4-8-17(19)21(25)22-16-11-10-15-7-6-12-23(18(15)13-16)20(24)14-26-2/h4-5,8-11,13H,3,6-7,12,14H2,1-2H3,(H,22,25). The number of fused-ring (bicyclic) bond motifs is 1. The third-order valence-electron chi connectivity index (χ3n) is 4.46. The van der Waals surface area contributed by atoms with E-state index < -0.39 is 0 Å². The van der Waals surface area contributed by atoms with Crippen LogP contribution in [-0.2, 0) is 16.0 Å². The minimum atomic E-state index is -0.142. The number of nitrogens with one attached hydrogen (secondary N) is 1. The molecule has 5 nitrogen and oxygen atoms in total. The maximum atomic E-state index is 12.8. The maximum Gasteiger partial charge on any atom is 0.256 e. The summed E-state index contributed by atoms with van der Waals surface area (Å²) >= 11 is 1.65. The van der Waals surface area contributed by atoms with Crippen LogP contribution >= 0.6 is 11.8 Å². The van der Waals surface area contributed by atoms with Crippen molar-refractivity contribution in [2.45, 2.75) is 24.7 Å². The number of benzene rings is 2. The van der Waals surface area contributed by atoms with Crippen molar-refractivity contribution in [3.05, 3.63) is 53.6 Å². The fourth-order valence-corrected chi connectivity index (χ4v) is 4.05. The maximum absolute atomic E-state index is 12.8. The third kappa shape index (κ3) is 4.51. The van der Waals surface area contributed by atoms with E-state index in [4.69, 9.17) is 4.74 Å². The SMILES string of the molecule is CCSc1ccccc1C(=O)Nc1ccc2c(c1)N(C(=O)COC)CCC2. The van der Waals surface area contributed by atoms with E-state index in [9.17, 15) is 9.59 Å². The summed E-state index contributed by atoms with van der Waals surface area (Å²) in [5.74, 6) is 0.698. The van der Waals surface area contributed by atoms with Crippen molar-refractivity contribution in [2.75, 3.05) is 36.2 Å². The molecule has 1 N–H and O–H groups in total. The van der Waals surface area contributed by atoms with E-state index >= 15 is 0 Å². The van der Waals surface area contributed by atoms with Crippen LogP contribution in [0.4, 0.5) is 11.4 Å². The summed E-state index contributed by atoms with van der Waals surface area (Å²) in [5, 5.41) is 2.98. The van der Waals surface area contributed by atoms with Gasteiger partial charge in [-0.1, -0.05) is 25.1 Å². The Kier molecular flexibility index (Phi) is 6.53. The zero-order chi connectivity index (χ0) is 19.2. The van der Waals surface area contributed by atoms with Crippen molar-refractivity contribution in [1.82, 2.24) is 0 Å². The van der Waals surface area contributed by atoms with Crippen molar-refractivity contribution in [3.63, 3.8) is 0 Å². The number of aryl methyl sites for hydroxylation is 1. The molecule has 0 unspecified atom stereocenters. The Hall–Kier alpha value is -2.31. The summed E-state index contributed by atoms with van der Waals surface area (Å²) in [6.07, 6.45) is 1.85. The van der Waals surface area contributed by atoms with Crippen LogP contribution in [0.3, 0.4) is 0 Å². The Morgan fingerprint density at radius 3 is 2.81 bits per heavy atom. The zero-order valence-corrected chi connectivity index (χ0v) is 16.5. The summed E-state index contributed by atoms with van der Waals surface area (Å²) in [6, 6.07) is 13.4. The van der Waals surface area contributed by atoms with E-state index in [1.54, 1.807) is 16.7 Å². The molecule has 6 heteroatoms. The van der Waals surface area contributed by atoms with Gasteiger partial charge in [0, 0.05) is 29.9 Å². The van der Waals surface area contributed by atoms with Crippen LogP contribution in [0.1, 0.15) is 29.3 Å². The second kappa shape index (κ2) is 9.06. The van der Waals surface area contributed by atoms with Crippen LogP contribution in [0.5, 0.6) is 0 Å². The topological polar surface area (TPSA) is 58.6 Å². The minimum absolute atomic E-state index is 0.0532. The number of rotatable bonds is 6. The van der Waals surface area contributed by atoms with Crippen LogP contribution in [0.25, 0.3) is 0 Å². The molecule has 142 valence electrons. The van der Waals surface area contributed by atoms with Gasteiger partial charge in [-0.2, -0.15) is 0 Å². The summed E-state index contributed by atoms with van der Waals surface area (Å²) < 4.78 is 5.00. The van der Waals surface area contributed by atoms with Crippen LogP contribution in [0.15, 0.2) is 47.4 Å². The second-order valence-electron chi connectivity index (χ2n) is 6.31.